The molecule has 0 atom stereocenters. The minimum atomic E-state index is -1.05. The maximum atomic E-state index is 13.2. The molecule has 1 amide bonds. The Hall–Kier alpha value is -3.30. The third-order valence-corrected chi connectivity index (χ3v) is 6.95. The first-order valence-electron chi connectivity index (χ1n) is 10.5. The fourth-order valence-electron chi connectivity index (χ4n) is 4.25. The van der Waals surface area contributed by atoms with Crippen molar-refractivity contribution in [2.45, 2.75) is 12.8 Å². The number of carboxylic acids is 1. The zero-order valence-electron chi connectivity index (χ0n) is 17.4. The lowest BCUT2D eigenvalue weighted by atomic mass is 9.99. The number of aromatic carboxylic acids is 1. The summed E-state index contributed by atoms with van der Waals surface area (Å²) in [5.74, 6) is -1.19. The molecule has 3 aromatic rings. The second kappa shape index (κ2) is 8.68. The highest BCUT2D eigenvalue weighted by Crippen LogP contribution is 2.36. The van der Waals surface area contributed by atoms with E-state index >= 15 is 0 Å². The fraction of sp³-hybridized carbons (Fsp3) is 0.304. The van der Waals surface area contributed by atoms with Crippen LogP contribution in [0.5, 0.6) is 0 Å². The SMILES string of the molecule is O=C(O)c1sc(N2CCOCC2)nc1CC(=O)N1CCc2c(-c3ccncc3)cccc21. The number of hydrogen-bond donors (Lipinski definition) is 1. The van der Waals surface area contributed by atoms with Crippen molar-refractivity contribution in [3.05, 3.63) is 58.9 Å². The van der Waals surface area contributed by atoms with Gasteiger partial charge in [0, 0.05) is 37.7 Å². The summed E-state index contributed by atoms with van der Waals surface area (Å²) in [6.07, 6.45) is 4.23. The van der Waals surface area contributed by atoms with Crippen LogP contribution in [0.1, 0.15) is 20.9 Å². The maximum absolute atomic E-state index is 13.2. The van der Waals surface area contributed by atoms with Crippen LogP contribution in [0.3, 0.4) is 0 Å². The molecule has 0 spiro atoms. The lowest BCUT2D eigenvalue weighted by Gasteiger charge is -2.26. The minimum Gasteiger partial charge on any atom is -0.477 e. The quantitative estimate of drug-likeness (QED) is 0.639. The van der Waals surface area contributed by atoms with E-state index in [9.17, 15) is 14.7 Å². The largest absolute Gasteiger partial charge is 0.477 e. The van der Waals surface area contributed by atoms with Gasteiger partial charge in [-0.05, 0) is 41.3 Å². The first kappa shape index (κ1) is 20.6. The van der Waals surface area contributed by atoms with Crippen LogP contribution in [0.2, 0.25) is 0 Å². The number of nitrogens with zero attached hydrogens (tertiary/aromatic N) is 4. The summed E-state index contributed by atoms with van der Waals surface area (Å²) < 4.78 is 5.37. The number of anilines is 2. The van der Waals surface area contributed by atoms with Gasteiger partial charge in [-0.2, -0.15) is 0 Å². The van der Waals surface area contributed by atoms with Gasteiger partial charge in [-0.1, -0.05) is 23.5 Å². The van der Waals surface area contributed by atoms with Gasteiger partial charge in [0.25, 0.3) is 0 Å². The van der Waals surface area contributed by atoms with Crippen LogP contribution in [-0.2, 0) is 22.4 Å². The molecule has 0 unspecified atom stereocenters. The van der Waals surface area contributed by atoms with E-state index in [4.69, 9.17) is 4.74 Å². The van der Waals surface area contributed by atoms with Crippen LogP contribution in [-0.4, -0.2) is 59.8 Å². The second-order valence-corrected chi connectivity index (χ2v) is 8.67. The normalized spacial score (nSPS) is 15.6. The highest BCUT2D eigenvalue weighted by molar-refractivity contribution is 7.17. The van der Waals surface area contributed by atoms with E-state index in [1.54, 1.807) is 17.3 Å². The number of aromatic nitrogens is 2. The molecule has 2 aromatic heterocycles. The molecular formula is C23H22N4O4S. The Morgan fingerprint density at radius 3 is 2.62 bits per heavy atom. The molecule has 0 bridgehead atoms. The molecule has 1 aromatic carbocycles. The molecule has 0 aliphatic carbocycles. The highest BCUT2D eigenvalue weighted by Gasteiger charge is 2.30. The van der Waals surface area contributed by atoms with E-state index < -0.39 is 5.97 Å². The number of carbonyl (C=O) groups excluding carboxylic acids is 1. The van der Waals surface area contributed by atoms with Gasteiger partial charge in [-0.3, -0.25) is 9.78 Å². The second-order valence-electron chi connectivity index (χ2n) is 7.69. The number of pyridine rings is 1. The Labute approximate surface area is 189 Å². The smallest absolute Gasteiger partial charge is 0.347 e. The van der Waals surface area contributed by atoms with Crippen molar-refractivity contribution in [1.82, 2.24) is 9.97 Å². The predicted octanol–water partition coefficient (Wildman–Crippen LogP) is 2.87. The summed E-state index contributed by atoms with van der Waals surface area (Å²) in [6, 6.07) is 9.87. The Balaban J connectivity index is 1.40. The molecule has 32 heavy (non-hydrogen) atoms. The van der Waals surface area contributed by atoms with Gasteiger partial charge in [-0.25, -0.2) is 9.78 Å². The minimum absolute atomic E-state index is 0.0403. The van der Waals surface area contributed by atoms with Crippen molar-refractivity contribution < 1.29 is 19.4 Å². The third kappa shape index (κ3) is 3.85. The average molecular weight is 451 g/mol. The van der Waals surface area contributed by atoms with Crippen LogP contribution in [0.25, 0.3) is 11.1 Å². The lowest BCUT2D eigenvalue weighted by molar-refractivity contribution is -0.117. The van der Waals surface area contributed by atoms with Crippen molar-refractivity contribution in [3.63, 3.8) is 0 Å². The lowest BCUT2D eigenvalue weighted by Crippen LogP contribution is -2.36. The Kier molecular flexibility index (Phi) is 5.59. The topological polar surface area (TPSA) is 95.9 Å². The Morgan fingerprint density at radius 1 is 1.09 bits per heavy atom. The van der Waals surface area contributed by atoms with E-state index in [2.05, 4.69) is 16.0 Å². The number of rotatable bonds is 5. The fourth-order valence-corrected chi connectivity index (χ4v) is 5.22. The summed E-state index contributed by atoms with van der Waals surface area (Å²) >= 11 is 1.13. The van der Waals surface area contributed by atoms with E-state index in [1.165, 1.54) is 0 Å². The van der Waals surface area contributed by atoms with Crippen molar-refractivity contribution in [2.75, 3.05) is 42.6 Å². The van der Waals surface area contributed by atoms with Crippen LogP contribution in [0.4, 0.5) is 10.8 Å². The van der Waals surface area contributed by atoms with Gasteiger partial charge in [-0.15, -0.1) is 0 Å². The van der Waals surface area contributed by atoms with Crippen molar-refractivity contribution in [3.8, 4) is 11.1 Å². The first-order chi connectivity index (χ1) is 15.6. The molecule has 4 heterocycles. The zero-order chi connectivity index (χ0) is 22.1. The molecule has 1 saturated heterocycles. The van der Waals surface area contributed by atoms with Crippen LogP contribution in [0, 0.1) is 0 Å². The summed E-state index contributed by atoms with van der Waals surface area (Å²) in [5, 5.41) is 10.3. The number of benzene rings is 1. The van der Waals surface area contributed by atoms with E-state index in [1.807, 2.05) is 29.2 Å². The average Bonchev–Trinajstić information content (AvgIpc) is 3.45. The van der Waals surface area contributed by atoms with Crippen molar-refractivity contribution in [1.29, 1.82) is 0 Å². The summed E-state index contributed by atoms with van der Waals surface area (Å²) in [4.78, 5) is 37.6. The number of fused-ring (bicyclic) bond motifs is 1. The number of carbonyl (C=O) groups is 2. The van der Waals surface area contributed by atoms with Gasteiger partial charge < -0.3 is 19.6 Å². The van der Waals surface area contributed by atoms with E-state index in [0.717, 1.165) is 40.1 Å². The summed E-state index contributed by atoms with van der Waals surface area (Å²) in [7, 11) is 0. The molecule has 1 fully saturated rings. The number of carboxylic acid groups (broad SMARTS) is 1. The number of morpholine rings is 1. The van der Waals surface area contributed by atoms with E-state index in [0.29, 0.717) is 43.7 Å². The van der Waals surface area contributed by atoms with Crippen LogP contribution < -0.4 is 9.80 Å². The maximum Gasteiger partial charge on any atom is 0.347 e. The highest BCUT2D eigenvalue weighted by atomic mass is 32.1. The van der Waals surface area contributed by atoms with Crippen LogP contribution >= 0.6 is 11.3 Å². The van der Waals surface area contributed by atoms with Gasteiger partial charge in [0.15, 0.2) is 5.13 Å². The number of hydrogen-bond acceptors (Lipinski definition) is 7. The monoisotopic (exact) mass is 450 g/mol. The first-order valence-corrected chi connectivity index (χ1v) is 11.3. The predicted molar refractivity (Wildman–Crippen MR) is 122 cm³/mol. The van der Waals surface area contributed by atoms with Gasteiger partial charge in [0.2, 0.25) is 5.91 Å². The molecular weight excluding hydrogens is 428 g/mol. The number of ether oxygens (including phenoxy) is 1. The van der Waals surface area contributed by atoms with Gasteiger partial charge in [0.05, 0.1) is 25.3 Å². The Morgan fingerprint density at radius 2 is 1.88 bits per heavy atom. The molecule has 8 nitrogen and oxygen atoms in total. The molecule has 0 saturated carbocycles. The third-order valence-electron chi connectivity index (χ3n) is 5.80. The molecule has 2 aliphatic rings. The molecule has 5 rings (SSSR count). The number of amides is 1. The van der Waals surface area contributed by atoms with Crippen LogP contribution in [0.15, 0.2) is 42.7 Å². The van der Waals surface area contributed by atoms with E-state index in [-0.39, 0.29) is 17.2 Å². The molecule has 2 aliphatic heterocycles. The molecule has 0 radical (unpaired) electrons. The zero-order valence-corrected chi connectivity index (χ0v) is 18.2. The molecule has 9 heteroatoms. The molecule has 164 valence electrons. The van der Waals surface area contributed by atoms with Crippen molar-refractivity contribution >= 4 is 34.0 Å². The van der Waals surface area contributed by atoms with Gasteiger partial charge >= 0.3 is 5.97 Å². The Bertz CT molecular complexity index is 1160. The summed E-state index contributed by atoms with van der Waals surface area (Å²) in [6.45, 7) is 3.06. The standard InChI is InChI=1S/C23H22N4O4S/c28-20(14-18-21(22(29)30)32-23(25-18)26-10-12-31-13-11-26)27-9-6-17-16(2-1-3-19(17)27)15-4-7-24-8-5-15/h1-5,7-8H,6,9-14H2,(H,29,30). The number of thiazole rings is 1. The van der Waals surface area contributed by atoms with Gasteiger partial charge in [0.1, 0.15) is 4.88 Å². The van der Waals surface area contributed by atoms with Crippen molar-refractivity contribution in [2.24, 2.45) is 0 Å². The summed E-state index contributed by atoms with van der Waals surface area (Å²) in [5.41, 5.74) is 4.49. The molecule has 1 N–H and O–H groups in total.